The Morgan fingerprint density at radius 3 is 2.50 bits per heavy atom. The largest absolute Gasteiger partial charge is 0.378 e. The zero-order chi connectivity index (χ0) is 29.5. The van der Waals surface area contributed by atoms with Gasteiger partial charge in [0.25, 0.3) is 5.91 Å². The van der Waals surface area contributed by atoms with Crippen LogP contribution in [0.2, 0.25) is 0 Å². The van der Waals surface area contributed by atoms with Gasteiger partial charge in [-0.15, -0.1) is 11.3 Å². The summed E-state index contributed by atoms with van der Waals surface area (Å²) in [5.41, 5.74) is 1.35. The van der Waals surface area contributed by atoms with Crippen LogP contribution < -0.4 is 10.6 Å². The average Bonchev–Trinajstić information content (AvgIpc) is 3.77. The number of hydrogen-bond acceptors (Lipinski definition) is 8. The normalized spacial score (nSPS) is 24.4. The van der Waals surface area contributed by atoms with E-state index in [4.69, 9.17) is 9.47 Å². The van der Waals surface area contributed by atoms with Gasteiger partial charge in [0.15, 0.2) is 0 Å². The molecule has 10 nitrogen and oxygen atoms in total. The van der Waals surface area contributed by atoms with E-state index in [0.717, 1.165) is 44.8 Å². The second-order valence-corrected chi connectivity index (χ2v) is 13.8. The zero-order valence-electron chi connectivity index (χ0n) is 25.4. The lowest BCUT2D eigenvalue weighted by Crippen LogP contribution is -2.64. The van der Waals surface area contributed by atoms with Crippen LogP contribution in [0.4, 0.5) is 0 Å². The van der Waals surface area contributed by atoms with Crippen molar-refractivity contribution in [3.05, 3.63) is 16.6 Å². The van der Waals surface area contributed by atoms with E-state index in [-0.39, 0.29) is 23.1 Å². The molecular formula is C31H49N5O5S. The number of likely N-dealkylation sites (tertiary alicyclic amines) is 2. The minimum Gasteiger partial charge on any atom is -0.378 e. The highest BCUT2D eigenvalue weighted by atomic mass is 32.1. The van der Waals surface area contributed by atoms with Gasteiger partial charge < -0.3 is 29.9 Å². The van der Waals surface area contributed by atoms with Gasteiger partial charge >= 0.3 is 0 Å². The molecule has 1 aromatic heterocycles. The predicted molar refractivity (Wildman–Crippen MR) is 161 cm³/mol. The summed E-state index contributed by atoms with van der Waals surface area (Å²) in [6.07, 6.45) is 13.4. The Balaban J connectivity index is 1.18. The van der Waals surface area contributed by atoms with Crippen molar-refractivity contribution >= 4 is 29.1 Å². The van der Waals surface area contributed by atoms with Crippen LogP contribution in [0.3, 0.4) is 0 Å². The number of ether oxygens (including phenoxy) is 2. The SMILES string of the molecule is CNC(=O)[C@@H](NC(=O)[C@@H]1CN(C(=O)c2cncs2)CC12CN(CC1CCCC1)C2)[C@@H](C)OCCCOC1CCCCC1. The lowest BCUT2D eigenvalue weighted by atomic mass is 9.70. The fourth-order valence-electron chi connectivity index (χ4n) is 7.53. The van der Waals surface area contributed by atoms with Crippen molar-refractivity contribution in [2.45, 2.75) is 89.4 Å². The summed E-state index contributed by atoms with van der Waals surface area (Å²) in [5, 5.41) is 5.73. The smallest absolute Gasteiger partial charge is 0.265 e. The number of carbonyl (C=O) groups is 3. The Morgan fingerprint density at radius 2 is 1.81 bits per heavy atom. The molecule has 0 radical (unpaired) electrons. The zero-order valence-corrected chi connectivity index (χ0v) is 26.2. The predicted octanol–water partition coefficient (Wildman–Crippen LogP) is 3.08. The van der Waals surface area contributed by atoms with E-state index >= 15 is 0 Å². The second kappa shape index (κ2) is 14.6. The van der Waals surface area contributed by atoms with E-state index in [1.54, 1.807) is 18.8 Å². The van der Waals surface area contributed by atoms with Crippen LogP contribution in [0.5, 0.6) is 0 Å². The van der Waals surface area contributed by atoms with Crippen LogP contribution >= 0.6 is 11.3 Å². The minimum absolute atomic E-state index is 0.0728. The van der Waals surface area contributed by atoms with Gasteiger partial charge in [0.2, 0.25) is 11.8 Å². The van der Waals surface area contributed by atoms with Gasteiger partial charge in [-0.2, -0.15) is 0 Å². The van der Waals surface area contributed by atoms with Gasteiger partial charge in [-0.1, -0.05) is 32.1 Å². The molecule has 5 rings (SSSR count). The molecule has 0 unspecified atom stereocenters. The molecule has 4 fully saturated rings. The van der Waals surface area contributed by atoms with Gasteiger partial charge in [-0.3, -0.25) is 19.4 Å². The highest BCUT2D eigenvalue weighted by molar-refractivity contribution is 7.11. The van der Waals surface area contributed by atoms with Crippen molar-refractivity contribution in [1.82, 2.24) is 25.4 Å². The molecule has 3 heterocycles. The summed E-state index contributed by atoms with van der Waals surface area (Å²) in [7, 11) is 1.57. The third kappa shape index (κ3) is 7.52. The van der Waals surface area contributed by atoms with Crippen LogP contribution in [0, 0.1) is 17.3 Å². The van der Waals surface area contributed by atoms with Crippen molar-refractivity contribution in [2.24, 2.45) is 17.3 Å². The monoisotopic (exact) mass is 603 g/mol. The van der Waals surface area contributed by atoms with Gasteiger partial charge in [-0.05, 0) is 44.9 Å². The van der Waals surface area contributed by atoms with Crippen LogP contribution in [0.15, 0.2) is 11.7 Å². The second-order valence-electron chi connectivity index (χ2n) is 12.9. The topological polar surface area (TPSA) is 113 Å². The first-order valence-electron chi connectivity index (χ1n) is 16.0. The van der Waals surface area contributed by atoms with Gasteiger partial charge in [0.05, 0.1) is 29.8 Å². The molecule has 42 heavy (non-hydrogen) atoms. The Morgan fingerprint density at radius 1 is 1.07 bits per heavy atom. The number of aromatic nitrogens is 1. The van der Waals surface area contributed by atoms with E-state index in [2.05, 4.69) is 20.5 Å². The number of carbonyl (C=O) groups excluding carboxylic acids is 3. The Bertz CT molecular complexity index is 1040. The molecule has 2 saturated carbocycles. The maximum absolute atomic E-state index is 13.9. The maximum Gasteiger partial charge on any atom is 0.265 e. The highest BCUT2D eigenvalue weighted by Gasteiger charge is 2.58. The first-order valence-corrected chi connectivity index (χ1v) is 16.9. The molecule has 2 N–H and O–H groups in total. The molecule has 0 aromatic carbocycles. The molecule has 2 aliphatic heterocycles. The molecule has 234 valence electrons. The first-order chi connectivity index (χ1) is 20.4. The fourth-order valence-corrected chi connectivity index (χ4v) is 8.11. The third-order valence-corrected chi connectivity index (χ3v) is 10.6. The fraction of sp³-hybridized carbons (Fsp3) is 0.806. The standard InChI is InChI=1S/C31H49N5O5S/c1-22(40-13-8-14-41-24-11-4-3-5-12-24)27(29(38)32-2)34-28(37)25-17-36(30(39)26-15-33-21-42-26)20-31(25)18-35(19-31)16-23-9-6-7-10-23/h15,21-25,27H,3-14,16-20H2,1-2H3,(H,32,38)(H,34,37)/t22-,25+,27+/m1/s1. The van der Waals surface area contributed by atoms with E-state index in [1.807, 2.05) is 11.8 Å². The molecule has 3 amide bonds. The number of rotatable bonds is 13. The average molecular weight is 604 g/mol. The van der Waals surface area contributed by atoms with Crippen molar-refractivity contribution in [2.75, 3.05) is 53.0 Å². The summed E-state index contributed by atoms with van der Waals surface area (Å²) in [4.78, 5) is 49.0. The van der Waals surface area contributed by atoms with Crippen LogP contribution in [-0.2, 0) is 19.1 Å². The molecule has 4 aliphatic rings. The molecule has 2 saturated heterocycles. The molecule has 11 heteroatoms. The molecule has 2 aliphatic carbocycles. The summed E-state index contributed by atoms with van der Waals surface area (Å²) in [6, 6.07) is -0.820. The summed E-state index contributed by atoms with van der Waals surface area (Å²) in [6.45, 7) is 6.47. The lowest BCUT2D eigenvalue weighted by Gasteiger charge is -2.51. The Kier molecular flexibility index (Phi) is 10.9. The van der Waals surface area contributed by atoms with Crippen LogP contribution in [0.1, 0.15) is 80.8 Å². The van der Waals surface area contributed by atoms with E-state index in [9.17, 15) is 14.4 Å². The molecule has 1 spiro atoms. The molecule has 1 aromatic rings. The Hall–Kier alpha value is -2.08. The highest BCUT2D eigenvalue weighted by Crippen LogP contribution is 2.45. The lowest BCUT2D eigenvalue weighted by molar-refractivity contribution is -0.139. The minimum atomic E-state index is -0.820. The van der Waals surface area contributed by atoms with Crippen molar-refractivity contribution < 1.29 is 23.9 Å². The summed E-state index contributed by atoms with van der Waals surface area (Å²) < 4.78 is 12.0. The number of likely N-dealkylation sites (N-methyl/N-ethyl adjacent to an activating group) is 1. The molecule has 0 bridgehead atoms. The van der Waals surface area contributed by atoms with Gasteiger partial charge in [-0.25, -0.2) is 0 Å². The third-order valence-electron chi connectivity index (χ3n) is 9.83. The van der Waals surface area contributed by atoms with E-state index in [0.29, 0.717) is 37.3 Å². The summed E-state index contributed by atoms with van der Waals surface area (Å²) in [5.74, 6) is -0.196. The first kappa shape index (κ1) is 31.3. The van der Waals surface area contributed by atoms with E-state index in [1.165, 1.54) is 56.3 Å². The van der Waals surface area contributed by atoms with Crippen LogP contribution in [0.25, 0.3) is 0 Å². The number of nitrogens with zero attached hydrogens (tertiary/aromatic N) is 3. The van der Waals surface area contributed by atoms with Gasteiger partial charge in [0, 0.05) is 58.4 Å². The molecule has 3 atom stereocenters. The number of amides is 3. The quantitative estimate of drug-likeness (QED) is 0.333. The van der Waals surface area contributed by atoms with Gasteiger partial charge in [0.1, 0.15) is 10.9 Å². The van der Waals surface area contributed by atoms with Crippen LogP contribution in [-0.4, -0.2) is 104 Å². The van der Waals surface area contributed by atoms with E-state index < -0.39 is 18.1 Å². The maximum atomic E-state index is 13.9. The van der Waals surface area contributed by atoms with Crippen molar-refractivity contribution in [3.8, 4) is 0 Å². The number of hydrogen-bond donors (Lipinski definition) is 2. The Labute approximate surface area is 254 Å². The number of thiazole rings is 1. The molecular weight excluding hydrogens is 554 g/mol. The van der Waals surface area contributed by atoms with Crippen molar-refractivity contribution in [3.63, 3.8) is 0 Å². The number of nitrogens with one attached hydrogen (secondary N) is 2. The summed E-state index contributed by atoms with van der Waals surface area (Å²) >= 11 is 1.32. The van der Waals surface area contributed by atoms with Crippen molar-refractivity contribution in [1.29, 1.82) is 0 Å².